The van der Waals surface area contributed by atoms with E-state index in [9.17, 15) is 4.79 Å². The van der Waals surface area contributed by atoms with Crippen LogP contribution in [0.4, 0.5) is 0 Å². The van der Waals surface area contributed by atoms with Crippen LogP contribution >= 0.6 is 0 Å². The lowest BCUT2D eigenvalue weighted by Gasteiger charge is -2.58. The van der Waals surface area contributed by atoms with Gasteiger partial charge in [0, 0.05) is 30.1 Å². The third kappa shape index (κ3) is 2.59. The van der Waals surface area contributed by atoms with Crippen LogP contribution in [0.1, 0.15) is 35.3 Å². The van der Waals surface area contributed by atoms with Crippen molar-refractivity contribution in [2.45, 2.75) is 37.5 Å². The normalized spacial score (nSPS) is 27.6. The average Bonchev–Trinajstić information content (AvgIpc) is 3.17. The second-order valence-corrected chi connectivity index (χ2v) is 8.58. The number of nitrogens with zero attached hydrogens (tertiary/aromatic N) is 2. The number of aromatic nitrogens is 2. The number of H-pyrrole nitrogens is 1. The van der Waals surface area contributed by atoms with E-state index in [0.717, 1.165) is 28.8 Å². The highest BCUT2D eigenvalue weighted by molar-refractivity contribution is 6.05. The molecule has 1 aliphatic carbocycles. The van der Waals surface area contributed by atoms with Gasteiger partial charge in [0.15, 0.2) is 5.69 Å². The molecule has 2 saturated heterocycles. The highest BCUT2D eigenvalue weighted by atomic mass is 16.5. The number of hydrogen-bond acceptors (Lipinski definition) is 4. The standard InChI is InChI=1S/C23H24N4O2/c28-22(24-20-13-27-11-10-23(27)9-8-18(20)23)21-17-12-16(6-7-19(17)25-26-21)29-14-15-4-2-1-3-5-15/h1-7,12,18,20H,8-11,13-14H2,(H,24,28)(H,25,26)/t18-,20-,23?/m1/s1. The average molecular weight is 388 g/mol. The minimum atomic E-state index is -0.0917. The molecule has 3 atom stereocenters. The van der Waals surface area contributed by atoms with E-state index in [2.05, 4.69) is 20.4 Å². The first-order valence-electron chi connectivity index (χ1n) is 10.4. The molecule has 1 saturated carbocycles. The van der Waals surface area contributed by atoms with Crippen molar-refractivity contribution in [1.82, 2.24) is 20.4 Å². The molecule has 3 fully saturated rings. The Morgan fingerprint density at radius 3 is 2.86 bits per heavy atom. The van der Waals surface area contributed by atoms with Gasteiger partial charge in [-0.3, -0.25) is 14.8 Å². The van der Waals surface area contributed by atoms with E-state index < -0.39 is 0 Å². The monoisotopic (exact) mass is 388 g/mol. The molecule has 1 unspecified atom stereocenters. The maximum atomic E-state index is 13.0. The fourth-order valence-corrected chi connectivity index (χ4v) is 5.50. The van der Waals surface area contributed by atoms with Crippen LogP contribution < -0.4 is 10.1 Å². The van der Waals surface area contributed by atoms with Gasteiger partial charge in [-0.15, -0.1) is 0 Å². The largest absolute Gasteiger partial charge is 0.489 e. The lowest BCUT2D eigenvalue weighted by molar-refractivity contribution is -0.0676. The summed E-state index contributed by atoms with van der Waals surface area (Å²) in [5.41, 5.74) is 2.81. The van der Waals surface area contributed by atoms with E-state index in [0.29, 0.717) is 23.8 Å². The van der Waals surface area contributed by atoms with Crippen molar-refractivity contribution in [3.63, 3.8) is 0 Å². The number of hydrogen-bond donors (Lipinski definition) is 2. The number of nitrogens with one attached hydrogen (secondary N) is 2. The van der Waals surface area contributed by atoms with Gasteiger partial charge in [-0.2, -0.15) is 5.10 Å². The smallest absolute Gasteiger partial charge is 0.272 e. The van der Waals surface area contributed by atoms with Gasteiger partial charge in [0.05, 0.1) is 5.52 Å². The molecular formula is C23H24N4O2. The SMILES string of the molecule is O=C(N[C@@H]1CN2CCC23CC[C@H]13)c1n[nH]c2ccc(OCc3ccccc3)cc12. The highest BCUT2D eigenvalue weighted by Crippen LogP contribution is 2.57. The van der Waals surface area contributed by atoms with Crippen LogP contribution in [-0.2, 0) is 6.61 Å². The highest BCUT2D eigenvalue weighted by Gasteiger charge is 2.63. The van der Waals surface area contributed by atoms with E-state index in [1.165, 1.54) is 25.8 Å². The number of carbonyl (C=O) groups excluding carboxylic acids is 1. The van der Waals surface area contributed by atoms with Crippen molar-refractivity contribution in [2.75, 3.05) is 13.1 Å². The van der Waals surface area contributed by atoms with Gasteiger partial charge in [0.1, 0.15) is 12.4 Å². The molecule has 1 spiro atoms. The molecule has 2 aromatic carbocycles. The summed E-state index contributed by atoms with van der Waals surface area (Å²) in [6.45, 7) is 2.65. The van der Waals surface area contributed by atoms with Crippen LogP contribution in [0.2, 0.25) is 0 Å². The van der Waals surface area contributed by atoms with Crippen molar-refractivity contribution in [2.24, 2.45) is 5.92 Å². The number of amides is 1. The van der Waals surface area contributed by atoms with Gasteiger partial charge in [-0.05, 0) is 48.9 Å². The van der Waals surface area contributed by atoms with Crippen molar-refractivity contribution < 1.29 is 9.53 Å². The van der Waals surface area contributed by atoms with Crippen LogP contribution in [0.15, 0.2) is 48.5 Å². The maximum Gasteiger partial charge on any atom is 0.272 e. The van der Waals surface area contributed by atoms with E-state index in [1.807, 2.05) is 48.5 Å². The third-order valence-corrected chi connectivity index (χ3v) is 7.24. The zero-order valence-electron chi connectivity index (χ0n) is 16.2. The Hall–Kier alpha value is -2.86. The quantitative estimate of drug-likeness (QED) is 0.705. The fraction of sp³-hybridized carbons (Fsp3) is 0.391. The summed E-state index contributed by atoms with van der Waals surface area (Å²) in [6.07, 6.45) is 3.80. The number of aromatic amines is 1. The molecule has 3 heterocycles. The Morgan fingerprint density at radius 1 is 1.24 bits per heavy atom. The molecule has 6 rings (SSSR count). The molecule has 2 N–H and O–H groups in total. The molecule has 6 nitrogen and oxygen atoms in total. The summed E-state index contributed by atoms with van der Waals surface area (Å²) in [6, 6.07) is 16.0. The lowest BCUT2D eigenvalue weighted by atomic mass is 9.61. The van der Waals surface area contributed by atoms with Gasteiger partial charge in [-0.1, -0.05) is 30.3 Å². The van der Waals surface area contributed by atoms with Crippen molar-refractivity contribution in [1.29, 1.82) is 0 Å². The first-order valence-corrected chi connectivity index (χ1v) is 10.4. The van der Waals surface area contributed by atoms with E-state index in [-0.39, 0.29) is 11.9 Å². The van der Waals surface area contributed by atoms with Gasteiger partial charge in [-0.25, -0.2) is 0 Å². The molecule has 148 valence electrons. The molecule has 6 heteroatoms. The Morgan fingerprint density at radius 2 is 2.14 bits per heavy atom. The van der Waals surface area contributed by atoms with Crippen LogP contribution in [0.3, 0.4) is 0 Å². The summed E-state index contributed by atoms with van der Waals surface area (Å²) in [7, 11) is 0. The summed E-state index contributed by atoms with van der Waals surface area (Å²) in [5.74, 6) is 1.25. The number of benzene rings is 2. The molecule has 1 amide bonds. The molecule has 1 aromatic heterocycles. The zero-order chi connectivity index (χ0) is 19.4. The van der Waals surface area contributed by atoms with E-state index in [4.69, 9.17) is 4.74 Å². The fourth-order valence-electron chi connectivity index (χ4n) is 5.50. The van der Waals surface area contributed by atoms with Gasteiger partial charge in [0.25, 0.3) is 5.91 Å². The Balaban J connectivity index is 1.20. The molecule has 29 heavy (non-hydrogen) atoms. The minimum absolute atomic E-state index is 0.0917. The number of rotatable bonds is 5. The third-order valence-electron chi connectivity index (χ3n) is 7.24. The van der Waals surface area contributed by atoms with Gasteiger partial charge >= 0.3 is 0 Å². The second kappa shape index (κ2) is 6.32. The molecule has 0 bridgehead atoms. The Labute approximate surface area is 169 Å². The first-order chi connectivity index (χ1) is 14.2. The van der Waals surface area contributed by atoms with Crippen LogP contribution in [0, 0.1) is 5.92 Å². The van der Waals surface area contributed by atoms with Crippen molar-refractivity contribution >= 4 is 16.8 Å². The van der Waals surface area contributed by atoms with Crippen LogP contribution in [-0.4, -0.2) is 45.7 Å². The van der Waals surface area contributed by atoms with Crippen LogP contribution in [0.5, 0.6) is 5.75 Å². The minimum Gasteiger partial charge on any atom is -0.489 e. The number of fused-ring (bicyclic) bond motifs is 1. The van der Waals surface area contributed by atoms with Crippen LogP contribution in [0.25, 0.3) is 10.9 Å². The summed E-state index contributed by atoms with van der Waals surface area (Å²) >= 11 is 0. The maximum absolute atomic E-state index is 13.0. The summed E-state index contributed by atoms with van der Waals surface area (Å²) < 4.78 is 5.93. The summed E-state index contributed by atoms with van der Waals surface area (Å²) in [4.78, 5) is 15.6. The number of ether oxygens (including phenoxy) is 1. The Bertz CT molecular complexity index is 1070. The van der Waals surface area contributed by atoms with Gasteiger partial charge < -0.3 is 10.1 Å². The zero-order valence-corrected chi connectivity index (χ0v) is 16.2. The van der Waals surface area contributed by atoms with E-state index in [1.54, 1.807) is 0 Å². The topological polar surface area (TPSA) is 70.2 Å². The molecular weight excluding hydrogens is 364 g/mol. The molecule has 0 radical (unpaired) electrons. The Kier molecular flexibility index (Phi) is 3.71. The second-order valence-electron chi connectivity index (χ2n) is 8.58. The summed E-state index contributed by atoms with van der Waals surface area (Å²) in [5, 5.41) is 11.4. The predicted octanol–water partition coefficient (Wildman–Crippen LogP) is 3.11. The lowest BCUT2D eigenvalue weighted by Crippen LogP contribution is -2.64. The van der Waals surface area contributed by atoms with Crippen molar-refractivity contribution in [3.8, 4) is 5.75 Å². The van der Waals surface area contributed by atoms with Gasteiger partial charge in [0.2, 0.25) is 0 Å². The first kappa shape index (κ1) is 17.0. The van der Waals surface area contributed by atoms with E-state index >= 15 is 0 Å². The van der Waals surface area contributed by atoms with Crippen molar-refractivity contribution in [3.05, 3.63) is 59.8 Å². The molecule has 3 aliphatic rings. The predicted molar refractivity (Wildman–Crippen MR) is 110 cm³/mol. The molecule has 3 aromatic rings. The number of carbonyl (C=O) groups is 1. The molecule has 2 aliphatic heterocycles.